The van der Waals surface area contributed by atoms with E-state index < -0.39 is 0 Å². The number of ether oxygens (including phenoxy) is 2. The quantitative estimate of drug-likeness (QED) is 0.398. The van der Waals surface area contributed by atoms with Crippen molar-refractivity contribution in [1.29, 1.82) is 0 Å². The molecule has 2 aliphatic rings. The van der Waals surface area contributed by atoms with Crippen molar-refractivity contribution in [2.75, 3.05) is 53.0 Å². The van der Waals surface area contributed by atoms with Crippen LogP contribution in [0, 0.1) is 5.92 Å². The molecule has 24 heavy (non-hydrogen) atoms. The van der Waals surface area contributed by atoms with Gasteiger partial charge in [0.1, 0.15) is 0 Å². The smallest absolute Gasteiger partial charge is 0.191 e. The normalized spacial score (nSPS) is 23.8. The minimum absolute atomic E-state index is 0.304. The fourth-order valence-electron chi connectivity index (χ4n) is 3.40. The van der Waals surface area contributed by atoms with Crippen molar-refractivity contribution in [2.45, 2.75) is 51.7 Å². The van der Waals surface area contributed by atoms with Crippen molar-refractivity contribution in [1.82, 2.24) is 15.5 Å². The number of nitrogens with one attached hydrogen (secondary N) is 2. The predicted octanol–water partition coefficient (Wildman–Crippen LogP) is 1.47. The van der Waals surface area contributed by atoms with E-state index in [2.05, 4.69) is 34.4 Å². The number of hydrogen-bond acceptors (Lipinski definition) is 4. The Morgan fingerprint density at radius 3 is 2.71 bits per heavy atom. The molecule has 6 nitrogen and oxygen atoms in total. The van der Waals surface area contributed by atoms with Gasteiger partial charge in [-0.15, -0.1) is 0 Å². The number of hydrogen-bond donors (Lipinski definition) is 2. The third-order valence-electron chi connectivity index (χ3n) is 4.64. The molecule has 2 rings (SSSR count). The van der Waals surface area contributed by atoms with Crippen LogP contribution >= 0.6 is 0 Å². The minimum atomic E-state index is 0.304. The summed E-state index contributed by atoms with van der Waals surface area (Å²) < 4.78 is 11.2. The second kappa shape index (κ2) is 10.9. The Hall–Kier alpha value is -0.850. The average Bonchev–Trinajstić information content (AvgIpc) is 3.08. The van der Waals surface area contributed by atoms with Gasteiger partial charge >= 0.3 is 0 Å². The molecule has 0 aromatic rings. The van der Waals surface area contributed by atoms with Crippen LogP contribution in [0.15, 0.2) is 4.99 Å². The maximum atomic E-state index is 5.68. The molecule has 0 radical (unpaired) electrons. The van der Waals surface area contributed by atoms with Gasteiger partial charge in [-0.25, -0.2) is 0 Å². The standard InChI is InChI=1S/C18H36N4O2/c1-15(2)13-22-9-6-16(7-10-22)21-18(19-3)20-8-12-23-14-17-5-4-11-24-17/h15-17H,4-14H2,1-3H3,(H2,19,20,21). The first kappa shape index (κ1) is 19.5. The van der Waals surface area contributed by atoms with Crippen LogP contribution in [0.2, 0.25) is 0 Å². The van der Waals surface area contributed by atoms with Gasteiger partial charge in [-0.2, -0.15) is 0 Å². The SMILES string of the molecule is CN=C(NCCOCC1CCCO1)NC1CCN(CC(C)C)CC1. The van der Waals surface area contributed by atoms with Crippen LogP contribution in [-0.2, 0) is 9.47 Å². The summed E-state index contributed by atoms with van der Waals surface area (Å²) in [6.07, 6.45) is 4.97. The molecule has 0 amide bonds. The van der Waals surface area contributed by atoms with E-state index >= 15 is 0 Å². The number of piperidine rings is 1. The summed E-state index contributed by atoms with van der Waals surface area (Å²) in [6, 6.07) is 0.521. The molecule has 0 aromatic heterocycles. The molecule has 2 fully saturated rings. The van der Waals surface area contributed by atoms with Gasteiger partial charge in [-0.3, -0.25) is 4.99 Å². The van der Waals surface area contributed by atoms with E-state index in [4.69, 9.17) is 9.47 Å². The molecular formula is C18H36N4O2. The molecule has 0 aromatic carbocycles. The van der Waals surface area contributed by atoms with Crippen LogP contribution in [0.3, 0.4) is 0 Å². The second-order valence-electron chi connectivity index (χ2n) is 7.32. The van der Waals surface area contributed by atoms with Crippen molar-refractivity contribution < 1.29 is 9.47 Å². The Bertz CT molecular complexity index is 362. The van der Waals surface area contributed by atoms with Crippen molar-refractivity contribution in [3.8, 4) is 0 Å². The van der Waals surface area contributed by atoms with Crippen molar-refractivity contribution >= 4 is 5.96 Å². The zero-order valence-corrected chi connectivity index (χ0v) is 15.7. The molecule has 6 heteroatoms. The molecule has 1 unspecified atom stereocenters. The zero-order valence-electron chi connectivity index (χ0n) is 15.7. The third-order valence-corrected chi connectivity index (χ3v) is 4.64. The Balaban J connectivity index is 1.54. The van der Waals surface area contributed by atoms with Gasteiger partial charge in [0.2, 0.25) is 0 Å². The van der Waals surface area contributed by atoms with Gasteiger partial charge in [0, 0.05) is 45.9 Å². The summed E-state index contributed by atoms with van der Waals surface area (Å²) in [6.45, 7) is 11.2. The van der Waals surface area contributed by atoms with Crippen molar-refractivity contribution in [3.05, 3.63) is 0 Å². The molecule has 2 N–H and O–H groups in total. The lowest BCUT2D eigenvalue weighted by molar-refractivity contribution is 0.0191. The lowest BCUT2D eigenvalue weighted by Crippen LogP contribution is -2.49. The molecular weight excluding hydrogens is 304 g/mol. The van der Waals surface area contributed by atoms with Crippen molar-refractivity contribution in [2.24, 2.45) is 10.9 Å². The highest BCUT2D eigenvalue weighted by Gasteiger charge is 2.20. The molecule has 2 saturated heterocycles. The molecule has 2 heterocycles. The van der Waals surface area contributed by atoms with Crippen LogP contribution in [0.1, 0.15) is 39.5 Å². The van der Waals surface area contributed by atoms with Crippen LogP contribution in [0.4, 0.5) is 0 Å². The van der Waals surface area contributed by atoms with Gasteiger partial charge in [-0.05, 0) is 31.6 Å². The maximum absolute atomic E-state index is 5.68. The van der Waals surface area contributed by atoms with Crippen LogP contribution in [-0.4, -0.2) is 76.1 Å². The van der Waals surface area contributed by atoms with Crippen LogP contribution in [0.5, 0.6) is 0 Å². The van der Waals surface area contributed by atoms with E-state index in [-0.39, 0.29) is 0 Å². The molecule has 0 saturated carbocycles. The maximum Gasteiger partial charge on any atom is 0.191 e. The van der Waals surface area contributed by atoms with Gasteiger partial charge in [-0.1, -0.05) is 13.8 Å². The Morgan fingerprint density at radius 2 is 2.08 bits per heavy atom. The van der Waals surface area contributed by atoms with E-state index in [1.165, 1.54) is 38.9 Å². The van der Waals surface area contributed by atoms with Crippen LogP contribution in [0.25, 0.3) is 0 Å². The largest absolute Gasteiger partial charge is 0.377 e. The first-order chi connectivity index (χ1) is 11.7. The molecule has 0 aliphatic carbocycles. The lowest BCUT2D eigenvalue weighted by Gasteiger charge is -2.33. The highest BCUT2D eigenvalue weighted by atomic mass is 16.5. The third kappa shape index (κ3) is 7.36. The Labute approximate surface area is 147 Å². The van der Waals surface area contributed by atoms with E-state index in [0.717, 1.165) is 31.4 Å². The summed E-state index contributed by atoms with van der Waals surface area (Å²) >= 11 is 0. The first-order valence-corrected chi connectivity index (χ1v) is 9.56. The number of nitrogens with zero attached hydrogens (tertiary/aromatic N) is 2. The van der Waals surface area contributed by atoms with E-state index in [0.29, 0.717) is 25.4 Å². The van der Waals surface area contributed by atoms with Gasteiger partial charge in [0.05, 0.1) is 19.3 Å². The van der Waals surface area contributed by atoms with E-state index in [1.807, 2.05) is 7.05 Å². The van der Waals surface area contributed by atoms with Gasteiger partial charge < -0.3 is 25.0 Å². The number of likely N-dealkylation sites (tertiary alicyclic amines) is 1. The Morgan fingerprint density at radius 1 is 1.29 bits per heavy atom. The Kier molecular flexibility index (Phi) is 8.84. The van der Waals surface area contributed by atoms with Crippen LogP contribution < -0.4 is 10.6 Å². The zero-order chi connectivity index (χ0) is 17.2. The van der Waals surface area contributed by atoms with Gasteiger partial charge in [0.25, 0.3) is 0 Å². The molecule has 140 valence electrons. The summed E-state index contributed by atoms with van der Waals surface area (Å²) in [5.74, 6) is 1.64. The fraction of sp³-hybridized carbons (Fsp3) is 0.944. The topological polar surface area (TPSA) is 58.1 Å². The number of rotatable bonds is 8. The molecule has 2 aliphatic heterocycles. The summed E-state index contributed by atoms with van der Waals surface area (Å²) in [5.41, 5.74) is 0. The van der Waals surface area contributed by atoms with E-state index in [1.54, 1.807) is 0 Å². The van der Waals surface area contributed by atoms with Gasteiger partial charge in [0.15, 0.2) is 5.96 Å². The summed E-state index contributed by atoms with van der Waals surface area (Å²) in [4.78, 5) is 6.89. The average molecular weight is 341 g/mol. The number of aliphatic imine (C=N–C) groups is 1. The van der Waals surface area contributed by atoms with Crippen molar-refractivity contribution in [3.63, 3.8) is 0 Å². The summed E-state index contributed by atoms with van der Waals surface area (Å²) in [7, 11) is 1.83. The molecule has 1 atom stereocenters. The highest BCUT2D eigenvalue weighted by Crippen LogP contribution is 2.12. The summed E-state index contributed by atoms with van der Waals surface area (Å²) in [5, 5.41) is 6.89. The highest BCUT2D eigenvalue weighted by molar-refractivity contribution is 5.79. The monoisotopic (exact) mass is 340 g/mol. The minimum Gasteiger partial charge on any atom is -0.377 e. The second-order valence-corrected chi connectivity index (χ2v) is 7.32. The first-order valence-electron chi connectivity index (χ1n) is 9.56. The van der Waals surface area contributed by atoms with E-state index in [9.17, 15) is 0 Å². The fourth-order valence-corrected chi connectivity index (χ4v) is 3.40. The number of guanidine groups is 1. The lowest BCUT2D eigenvalue weighted by atomic mass is 10.0. The molecule has 0 bridgehead atoms. The molecule has 0 spiro atoms. The predicted molar refractivity (Wildman–Crippen MR) is 98.6 cm³/mol.